The van der Waals surface area contributed by atoms with Crippen LogP contribution in [0.25, 0.3) is 0 Å². The molecule has 0 aromatic carbocycles. The third-order valence-electron chi connectivity index (χ3n) is 1.52. The van der Waals surface area contributed by atoms with Crippen molar-refractivity contribution in [3.05, 3.63) is 28.5 Å². The second-order valence-electron chi connectivity index (χ2n) is 2.58. The van der Waals surface area contributed by atoms with Gasteiger partial charge < -0.3 is 10.8 Å². The largest absolute Gasteiger partial charge is 0.395 e. The number of halogens is 1. The molecular formula is C8H11BrN2O. The molecule has 12 heavy (non-hydrogen) atoms. The van der Waals surface area contributed by atoms with Crippen molar-refractivity contribution in [2.75, 3.05) is 6.61 Å². The maximum Gasteiger partial charge on any atom is 0.0586 e. The fourth-order valence-electron chi connectivity index (χ4n) is 0.881. The van der Waals surface area contributed by atoms with Gasteiger partial charge in [0.25, 0.3) is 0 Å². The van der Waals surface area contributed by atoms with Crippen molar-refractivity contribution in [2.45, 2.75) is 12.5 Å². The van der Waals surface area contributed by atoms with Gasteiger partial charge in [-0.3, -0.25) is 4.98 Å². The second-order valence-corrected chi connectivity index (χ2v) is 3.43. The van der Waals surface area contributed by atoms with Crippen LogP contribution in [0, 0.1) is 0 Å². The van der Waals surface area contributed by atoms with Crippen LogP contribution in [0.5, 0.6) is 0 Å². The summed E-state index contributed by atoms with van der Waals surface area (Å²) >= 11 is 3.35. The SMILES string of the molecule is NC(CO)Cc1ncccc1Br. The summed E-state index contributed by atoms with van der Waals surface area (Å²) in [7, 11) is 0. The van der Waals surface area contributed by atoms with E-state index in [4.69, 9.17) is 10.8 Å². The summed E-state index contributed by atoms with van der Waals surface area (Å²) in [5, 5.41) is 8.72. The van der Waals surface area contributed by atoms with Crippen molar-refractivity contribution in [3.8, 4) is 0 Å². The van der Waals surface area contributed by atoms with E-state index in [2.05, 4.69) is 20.9 Å². The molecule has 1 atom stereocenters. The second kappa shape index (κ2) is 4.54. The summed E-state index contributed by atoms with van der Waals surface area (Å²) in [6.45, 7) is -0.0109. The summed E-state index contributed by atoms with van der Waals surface area (Å²) < 4.78 is 0.939. The van der Waals surface area contributed by atoms with E-state index in [0.717, 1.165) is 10.2 Å². The molecule has 1 rings (SSSR count). The molecule has 3 N–H and O–H groups in total. The average Bonchev–Trinajstić information content (AvgIpc) is 2.09. The van der Waals surface area contributed by atoms with Crippen molar-refractivity contribution < 1.29 is 5.11 Å². The zero-order valence-corrected chi connectivity index (χ0v) is 8.16. The average molecular weight is 231 g/mol. The lowest BCUT2D eigenvalue weighted by molar-refractivity contribution is 0.264. The number of nitrogens with zero attached hydrogens (tertiary/aromatic N) is 1. The molecule has 1 heterocycles. The van der Waals surface area contributed by atoms with Crippen LogP contribution in [-0.4, -0.2) is 22.7 Å². The Morgan fingerprint density at radius 2 is 2.42 bits per heavy atom. The van der Waals surface area contributed by atoms with Crippen molar-refractivity contribution in [1.29, 1.82) is 0 Å². The molecule has 1 aromatic rings. The number of nitrogens with two attached hydrogens (primary N) is 1. The van der Waals surface area contributed by atoms with E-state index in [1.807, 2.05) is 12.1 Å². The van der Waals surface area contributed by atoms with Gasteiger partial charge in [-0.05, 0) is 28.1 Å². The van der Waals surface area contributed by atoms with Crippen LogP contribution >= 0.6 is 15.9 Å². The van der Waals surface area contributed by atoms with Crippen molar-refractivity contribution in [1.82, 2.24) is 4.98 Å². The van der Waals surface area contributed by atoms with Crippen molar-refractivity contribution in [3.63, 3.8) is 0 Å². The van der Waals surface area contributed by atoms with Crippen LogP contribution in [0.2, 0.25) is 0 Å². The molecule has 1 unspecified atom stereocenters. The van der Waals surface area contributed by atoms with Gasteiger partial charge >= 0.3 is 0 Å². The molecule has 0 aliphatic rings. The van der Waals surface area contributed by atoms with E-state index in [1.165, 1.54) is 0 Å². The highest BCUT2D eigenvalue weighted by molar-refractivity contribution is 9.10. The van der Waals surface area contributed by atoms with Gasteiger partial charge in [-0.25, -0.2) is 0 Å². The fourth-order valence-corrected chi connectivity index (χ4v) is 1.30. The highest BCUT2D eigenvalue weighted by Crippen LogP contribution is 2.14. The number of aliphatic hydroxyl groups excluding tert-OH is 1. The highest BCUT2D eigenvalue weighted by Gasteiger charge is 2.05. The Kier molecular flexibility index (Phi) is 3.65. The smallest absolute Gasteiger partial charge is 0.0586 e. The van der Waals surface area contributed by atoms with E-state index in [0.29, 0.717) is 6.42 Å². The molecule has 0 spiro atoms. The summed E-state index contributed by atoms with van der Waals surface area (Å²) in [6, 6.07) is 3.53. The lowest BCUT2D eigenvalue weighted by atomic mass is 10.2. The maximum absolute atomic E-state index is 8.72. The van der Waals surface area contributed by atoms with Gasteiger partial charge in [-0.15, -0.1) is 0 Å². The standard InChI is InChI=1S/C8H11BrN2O/c9-7-2-1-3-11-8(7)4-6(10)5-12/h1-3,6,12H,4-5,10H2. The Labute approximate surface area is 79.7 Å². The Balaban J connectivity index is 2.69. The van der Waals surface area contributed by atoms with E-state index in [1.54, 1.807) is 6.20 Å². The molecule has 4 heteroatoms. The number of pyridine rings is 1. The van der Waals surface area contributed by atoms with Gasteiger partial charge in [0.05, 0.1) is 12.3 Å². The van der Waals surface area contributed by atoms with Crippen LogP contribution in [0.1, 0.15) is 5.69 Å². The third-order valence-corrected chi connectivity index (χ3v) is 2.25. The third kappa shape index (κ3) is 2.55. The molecule has 0 fully saturated rings. The van der Waals surface area contributed by atoms with Gasteiger partial charge in [-0.2, -0.15) is 0 Å². The van der Waals surface area contributed by atoms with Crippen LogP contribution in [0.3, 0.4) is 0 Å². The monoisotopic (exact) mass is 230 g/mol. The van der Waals surface area contributed by atoms with Crippen molar-refractivity contribution in [2.24, 2.45) is 5.73 Å². The molecule has 0 amide bonds. The van der Waals surface area contributed by atoms with E-state index in [-0.39, 0.29) is 12.6 Å². The van der Waals surface area contributed by atoms with Gasteiger partial charge in [0.2, 0.25) is 0 Å². The first-order valence-corrected chi connectivity index (χ1v) is 4.49. The van der Waals surface area contributed by atoms with Gasteiger partial charge in [0.1, 0.15) is 0 Å². The number of rotatable bonds is 3. The minimum atomic E-state index is -0.226. The predicted molar refractivity (Wildman–Crippen MR) is 50.7 cm³/mol. The Morgan fingerprint density at radius 3 is 3.00 bits per heavy atom. The molecular weight excluding hydrogens is 220 g/mol. The normalized spacial score (nSPS) is 12.9. The lowest BCUT2D eigenvalue weighted by Gasteiger charge is -2.07. The van der Waals surface area contributed by atoms with Crippen molar-refractivity contribution >= 4 is 15.9 Å². The zero-order valence-electron chi connectivity index (χ0n) is 6.57. The summed E-state index contributed by atoms with van der Waals surface area (Å²) in [5.41, 5.74) is 6.45. The molecule has 66 valence electrons. The summed E-state index contributed by atoms with van der Waals surface area (Å²) in [6.07, 6.45) is 2.31. The molecule has 0 saturated carbocycles. The molecule has 3 nitrogen and oxygen atoms in total. The summed E-state index contributed by atoms with van der Waals surface area (Å²) in [4.78, 5) is 4.13. The first kappa shape index (κ1) is 9.64. The number of hydrogen-bond donors (Lipinski definition) is 2. The maximum atomic E-state index is 8.72. The van der Waals surface area contributed by atoms with Crippen LogP contribution < -0.4 is 5.73 Å². The fraction of sp³-hybridized carbons (Fsp3) is 0.375. The molecule has 0 aliphatic carbocycles. The quantitative estimate of drug-likeness (QED) is 0.805. The first-order valence-electron chi connectivity index (χ1n) is 3.70. The molecule has 0 aliphatic heterocycles. The van der Waals surface area contributed by atoms with E-state index >= 15 is 0 Å². The van der Waals surface area contributed by atoms with Gasteiger partial charge in [0, 0.05) is 23.1 Å². The molecule has 0 radical (unpaired) electrons. The minimum Gasteiger partial charge on any atom is -0.395 e. The number of aliphatic hydroxyl groups is 1. The molecule has 1 aromatic heterocycles. The van der Waals surface area contributed by atoms with E-state index < -0.39 is 0 Å². The molecule has 0 saturated heterocycles. The number of hydrogen-bond acceptors (Lipinski definition) is 3. The first-order chi connectivity index (χ1) is 5.74. The lowest BCUT2D eigenvalue weighted by Crippen LogP contribution is -2.27. The Hall–Kier alpha value is -0.450. The topological polar surface area (TPSA) is 59.1 Å². The Bertz CT molecular complexity index is 255. The summed E-state index contributed by atoms with van der Waals surface area (Å²) in [5.74, 6) is 0. The van der Waals surface area contributed by atoms with Crippen LogP contribution in [-0.2, 0) is 6.42 Å². The van der Waals surface area contributed by atoms with E-state index in [9.17, 15) is 0 Å². The Morgan fingerprint density at radius 1 is 1.67 bits per heavy atom. The van der Waals surface area contributed by atoms with Gasteiger partial charge in [0.15, 0.2) is 0 Å². The van der Waals surface area contributed by atoms with Crippen LogP contribution in [0.15, 0.2) is 22.8 Å². The van der Waals surface area contributed by atoms with Crippen LogP contribution in [0.4, 0.5) is 0 Å². The molecule has 0 bridgehead atoms. The predicted octanol–water partition coefficient (Wildman–Crippen LogP) is 0.706. The minimum absolute atomic E-state index is 0.0109. The zero-order chi connectivity index (χ0) is 8.97. The van der Waals surface area contributed by atoms with Gasteiger partial charge in [-0.1, -0.05) is 0 Å². The highest BCUT2D eigenvalue weighted by atomic mass is 79.9. The number of aromatic nitrogens is 1.